The highest BCUT2D eigenvalue weighted by molar-refractivity contribution is 9.10. The fraction of sp³-hybridized carbons (Fsp3) is 0.348. The van der Waals surface area contributed by atoms with Gasteiger partial charge in [0.2, 0.25) is 0 Å². The normalized spacial score (nSPS) is 10.7. The van der Waals surface area contributed by atoms with Crippen LogP contribution in [0.3, 0.4) is 0 Å². The third-order valence-corrected chi connectivity index (χ3v) is 5.13. The van der Waals surface area contributed by atoms with Gasteiger partial charge in [-0.3, -0.25) is 4.79 Å². The highest BCUT2D eigenvalue weighted by atomic mass is 79.9. The predicted molar refractivity (Wildman–Crippen MR) is 123 cm³/mol. The summed E-state index contributed by atoms with van der Waals surface area (Å²) in [5.74, 6) is -0.110. The van der Waals surface area contributed by atoms with E-state index in [0.717, 1.165) is 0 Å². The second-order valence-electron chi connectivity index (χ2n) is 6.25. The van der Waals surface area contributed by atoms with E-state index in [9.17, 15) is 13.6 Å². The lowest BCUT2D eigenvalue weighted by molar-refractivity contribution is -0.142. The van der Waals surface area contributed by atoms with Crippen molar-refractivity contribution in [3.63, 3.8) is 0 Å². The van der Waals surface area contributed by atoms with Gasteiger partial charge in [-0.05, 0) is 41.1 Å². The molecule has 3 aromatic rings. The molecule has 0 fully saturated rings. The van der Waals surface area contributed by atoms with Crippen molar-refractivity contribution in [2.75, 3.05) is 13.7 Å². The highest BCUT2D eigenvalue weighted by Crippen LogP contribution is 2.39. The van der Waals surface area contributed by atoms with Gasteiger partial charge < -0.3 is 18.6 Å². The Morgan fingerprint density at radius 1 is 1.22 bits per heavy atom. The molecule has 0 atom stereocenters. The molecule has 0 N–H and O–H groups in total. The molecule has 1 aromatic heterocycles. The number of esters is 1. The molecule has 2 aromatic carbocycles. The maximum Gasteiger partial charge on any atom is 0.310 e. The van der Waals surface area contributed by atoms with Gasteiger partial charge in [-0.1, -0.05) is 31.5 Å². The summed E-state index contributed by atoms with van der Waals surface area (Å²) < 4.78 is 49.1. The summed E-state index contributed by atoms with van der Waals surface area (Å²) in [6.45, 7) is 5.74. The number of halogens is 4. The quantitative estimate of drug-likeness (QED) is 0.281. The zero-order valence-corrected chi connectivity index (χ0v) is 20.5. The highest BCUT2D eigenvalue weighted by Gasteiger charge is 2.24. The number of fused-ring (bicyclic) bond motifs is 1. The van der Waals surface area contributed by atoms with Crippen LogP contribution in [0.5, 0.6) is 11.5 Å². The van der Waals surface area contributed by atoms with Crippen molar-refractivity contribution in [2.45, 2.75) is 40.2 Å². The molecule has 0 radical (unpaired) electrons. The largest absolute Gasteiger partial charge is 0.497 e. The van der Waals surface area contributed by atoms with Crippen LogP contribution < -0.4 is 9.47 Å². The Balaban J connectivity index is 0.00000176. The van der Waals surface area contributed by atoms with Crippen molar-refractivity contribution in [2.24, 2.45) is 0 Å². The summed E-state index contributed by atoms with van der Waals surface area (Å²) in [6, 6.07) is 8.03. The summed E-state index contributed by atoms with van der Waals surface area (Å²) in [6.07, 6.45) is -2.87. The lowest BCUT2D eigenvalue weighted by Crippen LogP contribution is -2.09. The minimum absolute atomic E-state index is 0.0294. The van der Waals surface area contributed by atoms with E-state index in [1.807, 2.05) is 13.8 Å². The van der Waals surface area contributed by atoms with Crippen LogP contribution in [0.2, 0.25) is 5.02 Å². The maximum atomic E-state index is 13.6. The molecule has 0 saturated heterocycles. The SMILES string of the molecule is CC.CCOC(=O)Cc1ccc(OC)cc1OCc1c(C(F)F)oc2c(Br)cc(Cl)cc12. The number of rotatable bonds is 8. The molecule has 0 amide bonds. The van der Waals surface area contributed by atoms with E-state index < -0.39 is 18.2 Å². The number of methoxy groups -OCH3 is 1. The van der Waals surface area contributed by atoms with Gasteiger partial charge in [-0.25, -0.2) is 8.78 Å². The fourth-order valence-electron chi connectivity index (χ4n) is 2.98. The molecule has 9 heteroatoms. The van der Waals surface area contributed by atoms with Crippen LogP contribution in [0.25, 0.3) is 11.0 Å². The Hall–Kier alpha value is -2.32. The van der Waals surface area contributed by atoms with Gasteiger partial charge in [0, 0.05) is 27.6 Å². The second kappa shape index (κ2) is 12.1. The Labute approximate surface area is 198 Å². The first kappa shape index (κ1) is 25.9. The summed E-state index contributed by atoms with van der Waals surface area (Å²) in [7, 11) is 1.49. The first-order valence-electron chi connectivity index (χ1n) is 9.97. The third-order valence-electron chi connectivity index (χ3n) is 4.33. The zero-order chi connectivity index (χ0) is 23.8. The number of carbonyl (C=O) groups is 1. The van der Waals surface area contributed by atoms with Gasteiger partial charge in [0.15, 0.2) is 5.76 Å². The van der Waals surface area contributed by atoms with Crippen molar-refractivity contribution in [3.05, 3.63) is 56.7 Å². The first-order chi connectivity index (χ1) is 15.3. The third kappa shape index (κ3) is 6.13. The molecule has 0 aliphatic carbocycles. The summed E-state index contributed by atoms with van der Waals surface area (Å²) in [5.41, 5.74) is 0.971. The van der Waals surface area contributed by atoms with E-state index in [0.29, 0.717) is 31.9 Å². The Bertz CT molecular complexity index is 1070. The molecule has 0 spiro atoms. The van der Waals surface area contributed by atoms with E-state index in [4.69, 9.17) is 30.2 Å². The van der Waals surface area contributed by atoms with E-state index in [1.54, 1.807) is 37.3 Å². The molecule has 1 heterocycles. The van der Waals surface area contributed by atoms with Crippen LogP contribution in [-0.2, 0) is 22.6 Å². The van der Waals surface area contributed by atoms with Crippen LogP contribution >= 0.6 is 27.5 Å². The van der Waals surface area contributed by atoms with E-state index in [2.05, 4.69) is 15.9 Å². The van der Waals surface area contributed by atoms with Crippen LogP contribution in [0.4, 0.5) is 8.78 Å². The van der Waals surface area contributed by atoms with Gasteiger partial charge in [-0.15, -0.1) is 0 Å². The monoisotopic (exact) mass is 532 g/mol. The molecular formula is C23H24BrClF2O5. The van der Waals surface area contributed by atoms with Gasteiger partial charge in [0.05, 0.1) is 24.6 Å². The van der Waals surface area contributed by atoms with Crippen molar-refractivity contribution in [1.29, 1.82) is 0 Å². The zero-order valence-electron chi connectivity index (χ0n) is 18.1. The Kier molecular flexibility index (Phi) is 9.78. The number of benzene rings is 2. The molecule has 0 saturated carbocycles. The molecular weight excluding hydrogens is 510 g/mol. The predicted octanol–water partition coefficient (Wildman–Crippen LogP) is 7.51. The molecule has 0 aliphatic rings. The molecule has 0 aliphatic heterocycles. The first-order valence-corrected chi connectivity index (χ1v) is 11.1. The van der Waals surface area contributed by atoms with Gasteiger partial charge >= 0.3 is 5.97 Å². The van der Waals surface area contributed by atoms with E-state index in [1.165, 1.54) is 7.11 Å². The molecule has 32 heavy (non-hydrogen) atoms. The second-order valence-corrected chi connectivity index (χ2v) is 7.54. The van der Waals surface area contributed by atoms with Crippen molar-refractivity contribution >= 4 is 44.5 Å². The van der Waals surface area contributed by atoms with E-state index >= 15 is 0 Å². The number of carbonyl (C=O) groups excluding carboxylic acids is 1. The number of furan rings is 1. The standard InChI is InChI=1S/C21H18BrClF2O5.C2H6/c1-3-28-18(26)6-11-4-5-13(27-2)9-17(11)29-10-15-14-7-12(23)8-16(22)19(14)30-20(15)21(24)25;1-2/h4-5,7-9,21H,3,6,10H2,1-2H3;1-2H3. The van der Waals surface area contributed by atoms with Crippen LogP contribution in [-0.4, -0.2) is 19.7 Å². The number of alkyl halides is 2. The Morgan fingerprint density at radius 3 is 2.56 bits per heavy atom. The maximum absolute atomic E-state index is 13.6. The van der Waals surface area contributed by atoms with Crippen LogP contribution in [0, 0.1) is 0 Å². The molecule has 0 unspecified atom stereocenters. The van der Waals surface area contributed by atoms with Gasteiger partial charge in [-0.2, -0.15) is 0 Å². The Morgan fingerprint density at radius 2 is 1.94 bits per heavy atom. The number of ether oxygens (including phenoxy) is 3. The molecule has 3 rings (SSSR count). The van der Waals surface area contributed by atoms with Gasteiger partial charge in [0.1, 0.15) is 23.7 Å². The minimum atomic E-state index is -2.84. The number of hydrogen-bond donors (Lipinski definition) is 0. The smallest absolute Gasteiger partial charge is 0.310 e. The molecule has 0 bridgehead atoms. The lowest BCUT2D eigenvalue weighted by atomic mass is 10.1. The summed E-state index contributed by atoms with van der Waals surface area (Å²) in [5, 5.41) is 0.779. The van der Waals surface area contributed by atoms with Crippen LogP contribution in [0.1, 0.15) is 44.1 Å². The minimum Gasteiger partial charge on any atom is -0.497 e. The topological polar surface area (TPSA) is 57.9 Å². The lowest BCUT2D eigenvalue weighted by Gasteiger charge is -2.13. The number of hydrogen-bond acceptors (Lipinski definition) is 5. The van der Waals surface area contributed by atoms with Crippen molar-refractivity contribution in [1.82, 2.24) is 0 Å². The fourth-order valence-corrected chi connectivity index (χ4v) is 3.87. The van der Waals surface area contributed by atoms with Crippen LogP contribution in [0.15, 0.2) is 39.2 Å². The molecule has 5 nitrogen and oxygen atoms in total. The van der Waals surface area contributed by atoms with Crippen molar-refractivity contribution in [3.8, 4) is 11.5 Å². The molecule has 174 valence electrons. The summed E-state index contributed by atoms with van der Waals surface area (Å²) >= 11 is 9.37. The van der Waals surface area contributed by atoms with Crippen molar-refractivity contribution < 1.29 is 32.2 Å². The van der Waals surface area contributed by atoms with Gasteiger partial charge in [0.25, 0.3) is 6.43 Å². The summed E-state index contributed by atoms with van der Waals surface area (Å²) in [4.78, 5) is 11.9. The van der Waals surface area contributed by atoms with E-state index in [-0.39, 0.29) is 30.8 Å². The average Bonchev–Trinajstić information content (AvgIpc) is 3.13. The average molecular weight is 534 g/mol.